The maximum absolute atomic E-state index is 11.3. The second-order valence-electron chi connectivity index (χ2n) is 5.43. The standard InChI is InChI=1S/C16H27NO2/c1-3-4-9-14(2)10-8-13-17(16(18)19)15-11-6-5-7-12-15/h5-6,12,14H,3-4,7-11,13H2,1-2H3,(H,18,19). The number of allylic oxidation sites excluding steroid dienone is 3. The maximum atomic E-state index is 11.3. The Balaban J connectivity index is 2.34. The number of unbranched alkanes of at least 4 members (excludes halogenated alkanes) is 1. The van der Waals surface area contributed by atoms with E-state index in [1.165, 1.54) is 24.2 Å². The molecule has 0 aromatic heterocycles. The summed E-state index contributed by atoms with van der Waals surface area (Å²) in [7, 11) is 0. The van der Waals surface area contributed by atoms with Crippen LogP contribution in [0.3, 0.4) is 0 Å². The van der Waals surface area contributed by atoms with E-state index < -0.39 is 6.09 Å². The van der Waals surface area contributed by atoms with Crippen LogP contribution < -0.4 is 0 Å². The molecule has 1 amide bonds. The summed E-state index contributed by atoms with van der Waals surface area (Å²) < 4.78 is 0. The average Bonchev–Trinajstić information content (AvgIpc) is 2.42. The van der Waals surface area contributed by atoms with Crippen LogP contribution in [-0.2, 0) is 0 Å². The lowest BCUT2D eigenvalue weighted by atomic mass is 9.99. The summed E-state index contributed by atoms with van der Waals surface area (Å²) in [6.45, 7) is 5.11. The molecule has 0 aromatic carbocycles. The molecule has 0 bridgehead atoms. The Kier molecular flexibility index (Phi) is 7.31. The van der Waals surface area contributed by atoms with Crippen LogP contribution in [0.1, 0.15) is 58.8 Å². The fourth-order valence-electron chi connectivity index (χ4n) is 2.46. The average molecular weight is 265 g/mol. The first-order chi connectivity index (χ1) is 9.15. The molecule has 0 saturated carbocycles. The molecular formula is C16H27NO2. The highest BCUT2D eigenvalue weighted by Crippen LogP contribution is 2.19. The summed E-state index contributed by atoms with van der Waals surface area (Å²) in [6, 6.07) is 0. The third-order valence-corrected chi connectivity index (χ3v) is 3.69. The van der Waals surface area contributed by atoms with Gasteiger partial charge in [0, 0.05) is 18.7 Å². The van der Waals surface area contributed by atoms with Gasteiger partial charge in [-0.25, -0.2) is 4.79 Å². The summed E-state index contributed by atoms with van der Waals surface area (Å²) >= 11 is 0. The SMILES string of the molecule is CCCCC(C)CCCN(C(=O)O)C1=CCC=CC1. The van der Waals surface area contributed by atoms with Crippen LogP contribution in [0, 0.1) is 5.92 Å². The van der Waals surface area contributed by atoms with Crippen molar-refractivity contribution < 1.29 is 9.90 Å². The summed E-state index contributed by atoms with van der Waals surface area (Å²) in [5.41, 5.74) is 0.941. The van der Waals surface area contributed by atoms with E-state index in [1.54, 1.807) is 0 Å². The van der Waals surface area contributed by atoms with E-state index in [1.807, 2.05) is 6.08 Å². The molecule has 0 aromatic rings. The summed E-state index contributed by atoms with van der Waals surface area (Å²) in [4.78, 5) is 12.8. The topological polar surface area (TPSA) is 40.5 Å². The lowest BCUT2D eigenvalue weighted by Crippen LogP contribution is -2.30. The fraction of sp³-hybridized carbons (Fsp3) is 0.688. The van der Waals surface area contributed by atoms with Gasteiger partial charge in [0.1, 0.15) is 0 Å². The Hall–Kier alpha value is -1.25. The van der Waals surface area contributed by atoms with Gasteiger partial charge in [0.05, 0.1) is 0 Å². The van der Waals surface area contributed by atoms with Gasteiger partial charge in [0.25, 0.3) is 0 Å². The van der Waals surface area contributed by atoms with E-state index in [-0.39, 0.29) is 0 Å². The fourth-order valence-corrected chi connectivity index (χ4v) is 2.46. The highest BCUT2D eigenvalue weighted by atomic mass is 16.4. The number of nitrogens with zero attached hydrogens (tertiary/aromatic N) is 1. The smallest absolute Gasteiger partial charge is 0.411 e. The van der Waals surface area contributed by atoms with Crippen molar-refractivity contribution in [1.82, 2.24) is 4.90 Å². The number of carbonyl (C=O) groups is 1. The Labute approximate surface area is 117 Å². The van der Waals surface area contributed by atoms with E-state index in [2.05, 4.69) is 26.0 Å². The van der Waals surface area contributed by atoms with Gasteiger partial charge in [-0.05, 0) is 25.2 Å². The Bertz CT molecular complexity index is 334. The molecule has 0 heterocycles. The second-order valence-corrected chi connectivity index (χ2v) is 5.43. The molecular weight excluding hydrogens is 238 g/mol. The number of hydrogen-bond acceptors (Lipinski definition) is 1. The van der Waals surface area contributed by atoms with Gasteiger partial charge in [-0.1, -0.05) is 51.3 Å². The molecule has 0 fully saturated rings. The first-order valence-electron chi connectivity index (χ1n) is 7.49. The minimum Gasteiger partial charge on any atom is -0.465 e. The molecule has 1 rings (SSSR count). The molecule has 108 valence electrons. The van der Waals surface area contributed by atoms with Crippen molar-refractivity contribution in [2.45, 2.75) is 58.8 Å². The maximum Gasteiger partial charge on any atom is 0.411 e. The van der Waals surface area contributed by atoms with E-state index in [9.17, 15) is 9.90 Å². The van der Waals surface area contributed by atoms with Crippen molar-refractivity contribution in [3.8, 4) is 0 Å². The predicted octanol–water partition coefficient (Wildman–Crippen LogP) is 4.81. The monoisotopic (exact) mass is 265 g/mol. The summed E-state index contributed by atoms with van der Waals surface area (Å²) in [5, 5.41) is 9.29. The molecule has 0 aliphatic heterocycles. The first-order valence-corrected chi connectivity index (χ1v) is 7.49. The Morgan fingerprint density at radius 1 is 1.37 bits per heavy atom. The van der Waals surface area contributed by atoms with Gasteiger partial charge < -0.3 is 5.11 Å². The van der Waals surface area contributed by atoms with Crippen LogP contribution in [0.5, 0.6) is 0 Å². The number of carboxylic acid groups (broad SMARTS) is 1. The molecule has 0 spiro atoms. The number of rotatable bonds is 8. The third-order valence-electron chi connectivity index (χ3n) is 3.69. The van der Waals surface area contributed by atoms with Gasteiger partial charge in [-0.15, -0.1) is 0 Å². The van der Waals surface area contributed by atoms with E-state index in [0.717, 1.165) is 31.4 Å². The van der Waals surface area contributed by atoms with Crippen LogP contribution in [0.2, 0.25) is 0 Å². The van der Waals surface area contributed by atoms with Gasteiger partial charge in [-0.2, -0.15) is 0 Å². The van der Waals surface area contributed by atoms with Crippen LogP contribution in [-0.4, -0.2) is 22.6 Å². The Morgan fingerprint density at radius 3 is 2.68 bits per heavy atom. The van der Waals surface area contributed by atoms with Gasteiger partial charge in [0.2, 0.25) is 0 Å². The van der Waals surface area contributed by atoms with Crippen molar-refractivity contribution in [1.29, 1.82) is 0 Å². The normalized spacial score (nSPS) is 16.0. The molecule has 1 aliphatic rings. The lowest BCUT2D eigenvalue weighted by molar-refractivity contribution is 0.156. The number of amides is 1. The minimum absolute atomic E-state index is 0.630. The highest BCUT2D eigenvalue weighted by Gasteiger charge is 2.16. The van der Waals surface area contributed by atoms with Crippen LogP contribution in [0.4, 0.5) is 4.79 Å². The zero-order valence-electron chi connectivity index (χ0n) is 12.3. The quantitative estimate of drug-likeness (QED) is 0.640. The van der Waals surface area contributed by atoms with E-state index >= 15 is 0 Å². The van der Waals surface area contributed by atoms with Crippen molar-refractivity contribution >= 4 is 6.09 Å². The number of hydrogen-bond donors (Lipinski definition) is 1. The Morgan fingerprint density at radius 2 is 2.11 bits per heavy atom. The zero-order chi connectivity index (χ0) is 14.1. The van der Waals surface area contributed by atoms with Crippen molar-refractivity contribution in [2.75, 3.05) is 6.54 Å². The van der Waals surface area contributed by atoms with Crippen molar-refractivity contribution in [2.24, 2.45) is 5.92 Å². The highest BCUT2D eigenvalue weighted by molar-refractivity contribution is 5.67. The summed E-state index contributed by atoms with van der Waals surface area (Å²) in [5.74, 6) is 0.704. The van der Waals surface area contributed by atoms with Gasteiger partial charge >= 0.3 is 6.09 Å². The largest absolute Gasteiger partial charge is 0.465 e. The molecule has 3 heteroatoms. The van der Waals surface area contributed by atoms with Crippen LogP contribution >= 0.6 is 0 Å². The molecule has 1 aliphatic carbocycles. The molecule has 3 nitrogen and oxygen atoms in total. The lowest BCUT2D eigenvalue weighted by Gasteiger charge is -2.24. The van der Waals surface area contributed by atoms with Crippen LogP contribution in [0.15, 0.2) is 23.9 Å². The summed E-state index contributed by atoms with van der Waals surface area (Å²) in [6.07, 6.45) is 12.8. The molecule has 0 saturated heterocycles. The molecule has 1 N–H and O–H groups in total. The molecule has 1 atom stereocenters. The minimum atomic E-state index is -0.817. The molecule has 19 heavy (non-hydrogen) atoms. The predicted molar refractivity (Wildman–Crippen MR) is 79.1 cm³/mol. The van der Waals surface area contributed by atoms with Gasteiger partial charge in [0.15, 0.2) is 0 Å². The van der Waals surface area contributed by atoms with E-state index in [0.29, 0.717) is 12.5 Å². The molecule has 1 unspecified atom stereocenters. The zero-order valence-corrected chi connectivity index (χ0v) is 12.3. The van der Waals surface area contributed by atoms with Gasteiger partial charge in [-0.3, -0.25) is 4.90 Å². The first kappa shape index (κ1) is 15.8. The van der Waals surface area contributed by atoms with Crippen LogP contribution in [0.25, 0.3) is 0 Å². The van der Waals surface area contributed by atoms with Crippen molar-refractivity contribution in [3.05, 3.63) is 23.9 Å². The molecule has 0 radical (unpaired) electrons. The third kappa shape index (κ3) is 5.95. The van der Waals surface area contributed by atoms with Crippen molar-refractivity contribution in [3.63, 3.8) is 0 Å². The van der Waals surface area contributed by atoms with E-state index in [4.69, 9.17) is 0 Å². The second kappa shape index (κ2) is 8.78.